The molecule has 2 fully saturated rings. The predicted octanol–water partition coefficient (Wildman–Crippen LogP) is 7.52. The SMILES string of the molecule is CCCCCOC(=O)c1ccc([C@H]2CC[C@H]([C@H]3CC[C@H](CC)CC3)CC2)cc1. The summed E-state index contributed by atoms with van der Waals surface area (Å²) in [5, 5.41) is 0. The van der Waals surface area contributed by atoms with Crippen LogP contribution in [-0.4, -0.2) is 12.6 Å². The van der Waals surface area contributed by atoms with Crippen LogP contribution < -0.4 is 0 Å². The minimum Gasteiger partial charge on any atom is -0.462 e. The minimum absolute atomic E-state index is 0.172. The fourth-order valence-electron chi connectivity index (χ4n) is 5.48. The van der Waals surface area contributed by atoms with Gasteiger partial charge >= 0.3 is 5.97 Å². The van der Waals surface area contributed by atoms with Crippen LogP contribution in [0.1, 0.15) is 113 Å². The van der Waals surface area contributed by atoms with Gasteiger partial charge < -0.3 is 4.74 Å². The van der Waals surface area contributed by atoms with Crippen LogP contribution in [0.25, 0.3) is 0 Å². The van der Waals surface area contributed by atoms with Crippen LogP contribution in [0.3, 0.4) is 0 Å². The van der Waals surface area contributed by atoms with Crippen molar-refractivity contribution in [2.24, 2.45) is 17.8 Å². The van der Waals surface area contributed by atoms with Crippen molar-refractivity contribution in [3.8, 4) is 0 Å². The van der Waals surface area contributed by atoms with Crippen molar-refractivity contribution in [2.75, 3.05) is 6.61 Å². The monoisotopic (exact) mass is 384 g/mol. The highest BCUT2D eigenvalue weighted by Crippen LogP contribution is 2.44. The first-order chi connectivity index (χ1) is 13.7. The highest BCUT2D eigenvalue weighted by Gasteiger charge is 2.30. The lowest BCUT2D eigenvalue weighted by Crippen LogP contribution is -2.25. The second-order valence-electron chi connectivity index (χ2n) is 9.27. The lowest BCUT2D eigenvalue weighted by atomic mass is 9.68. The van der Waals surface area contributed by atoms with E-state index in [0.717, 1.165) is 37.0 Å². The van der Waals surface area contributed by atoms with E-state index >= 15 is 0 Å². The Morgan fingerprint density at radius 1 is 0.857 bits per heavy atom. The maximum atomic E-state index is 12.1. The van der Waals surface area contributed by atoms with E-state index in [1.165, 1.54) is 63.4 Å². The maximum absolute atomic E-state index is 12.1. The third-order valence-corrected chi connectivity index (χ3v) is 7.51. The molecule has 0 heterocycles. The van der Waals surface area contributed by atoms with Crippen LogP contribution in [-0.2, 0) is 4.74 Å². The Bertz CT molecular complexity index is 575. The smallest absolute Gasteiger partial charge is 0.338 e. The zero-order valence-corrected chi connectivity index (χ0v) is 18.1. The van der Waals surface area contributed by atoms with Crippen LogP contribution >= 0.6 is 0 Å². The van der Waals surface area contributed by atoms with Gasteiger partial charge in [0.05, 0.1) is 12.2 Å². The summed E-state index contributed by atoms with van der Waals surface area (Å²) >= 11 is 0. The molecule has 0 atom stereocenters. The van der Waals surface area contributed by atoms with Gasteiger partial charge in [-0.25, -0.2) is 4.79 Å². The van der Waals surface area contributed by atoms with Gasteiger partial charge in [-0.1, -0.05) is 58.1 Å². The minimum atomic E-state index is -0.172. The number of benzene rings is 1. The number of ether oxygens (including phenoxy) is 1. The third kappa shape index (κ3) is 5.84. The fraction of sp³-hybridized carbons (Fsp3) is 0.731. The molecule has 2 aliphatic carbocycles. The van der Waals surface area contributed by atoms with Crippen LogP contribution in [0.5, 0.6) is 0 Å². The molecular formula is C26H40O2. The summed E-state index contributed by atoms with van der Waals surface area (Å²) in [6, 6.07) is 8.27. The number of hydrogen-bond acceptors (Lipinski definition) is 2. The highest BCUT2D eigenvalue weighted by atomic mass is 16.5. The predicted molar refractivity (Wildman–Crippen MR) is 117 cm³/mol. The zero-order valence-electron chi connectivity index (χ0n) is 18.1. The summed E-state index contributed by atoms with van der Waals surface area (Å²) in [7, 11) is 0. The van der Waals surface area contributed by atoms with Gasteiger partial charge in [-0.3, -0.25) is 0 Å². The first kappa shape index (κ1) is 21.4. The molecule has 0 saturated heterocycles. The summed E-state index contributed by atoms with van der Waals surface area (Å²) in [5.74, 6) is 3.47. The Kier molecular flexibility index (Phi) is 8.43. The van der Waals surface area contributed by atoms with Crippen LogP contribution in [0.2, 0.25) is 0 Å². The Labute approximate surface area is 172 Å². The normalized spacial score (nSPS) is 28.1. The van der Waals surface area contributed by atoms with E-state index in [1.807, 2.05) is 12.1 Å². The molecule has 2 nitrogen and oxygen atoms in total. The fourth-order valence-corrected chi connectivity index (χ4v) is 5.48. The molecule has 28 heavy (non-hydrogen) atoms. The molecule has 0 amide bonds. The zero-order chi connectivity index (χ0) is 19.8. The van der Waals surface area contributed by atoms with E-state index in [1.54, 1.807) is 0 Å². The lowest BCUT2D eigenvalue weighted by Gasteiger charge is -2.38. The second kappa shape index (κ2) is 11.0. The van der Waals surface area contributed by atoms with Crippen LogP contribution in [0.15, 0.2) is 24.3 Å². The van der Waals surface area contributed by atoms with Gasteiger partial charge in [0.2, 0.25) is 0 Å². The molecule has 3 rings (SSSR count). The number of unbranched alkanes of at least 4 members (excludes halogenated alkanes) is 2. The van der Waals surface area contributed by atoms with Crippen LogP contribution in [0, 0.1) is 17.8 Å². The van der Waals surface area contributed by atoms with E-state index < -0.39 is 0 Å². The number of carbonyl (C=O) groups excluding carboxylic acids is 1. The number of esters is 1. The molecule has 2 heteroatoms. The second-order valence-corrected chi connectivity index (χ2v) is 9.27. The Balaban J connectivity index is 1.44. The van der Waals surface area contributed by atoms with Gasteiger partial charge in [0.1, 0.15) is 0 Å². The van der Waals surface area contributed by atoms with Gasteiger partial charge in [-0.05, 0) is 86.3 Å². The third-order valence-electron chi connectivity index (χ3n) is 7.51. The Hall–Kier alpha value is -1.31. The first-order valence-corrected chi connectivity index (χ1v) is 12.0. The Morgan fingerprint density at radius 3 is 2.04 bits per heavy atom. The molecule has 156 valence electrons. The van der Waals surface area contributed by atoms with Gasteiger partial charge in [0, 0.05) is 0 Å². The van der Waals surface area contributed by atoms with E-state index in [-0.39, 0.29) is 5.97 Å². The van der Waals surface area contributed by atoms with Gasteiger partial charge in [-0.15, -0.1) is 0 Å². The van der Waals surface area contributed by atoms with E-state index in [9.17, 15) is 4.79 Å². The summed E-state index contributed by atoms with van der Waals surface area (Å²) < 4.78 is 5.37. The van der Waals surface area contributed by atoms with Crippen molar-refractivity contribution in [1.82, 2.24) is 0 Å². The molecular weight excluding hydrogens is 344 g/mol. The largest absolute Gasteiger partial charge is 0.462 e. The molecule has 1 aromatic carbocycles. The van der Waals surface area contributed by atoms with Crippen molar-refractivity contribution >= 4 is 5.97 Å². The van der Waals surface area contributed by atoms with Gasteiger partial charge in [0.15, 0.2) is 0 Å². The summed E-state index contributed by atoms with van der Waals surface area (Å²) in [6.07, 6.45) is 15.9. The standard InChI is InChI=1S/C26H40O2/c1-3-5-6-19-28-26(27)25-17-15-24(16-18-25)23-13-11-22(12-14-23)21-9-7-20(4-2)8-10-21/h15-18,20-23H,3-14,19H2,1-2H3/t20-,21-,22-,23-. The summed E-state index contributed by atoms with van der Waals surface area (Å²) in [6.45, 7) is 5.05. The van der Waals surface area contributed by atoms with Gasteiger partial charge in [-0.2, -0.15) is 0 Å². The van der Waals surface area contributed by atoms with Crippen molar-refractivity contribution in [1.29, 1.82) is 0 Å². The molecule has 0 aromatic heterocycles. The molecule has 0 unspecified atom stereocenters. The van der Waals surface area contributed by atoms with Crippen LogP contribution in [0.4, 0.5) is 0 Å². The number of rotatable bonds is 8. The first-order valence-electron chi connectivity index (χ1n) is 12.0. The summed E-state index contributed by atoms with van der Waals surface area (Å²) in [4.78, 5) is 12.1. The molecule has 0 spiro atoms. The Morgan fingerprint density at radius 2 is 1.46 bits per heavy atom. The van der Waals surface area contributed by atoms with Crippen molar-refractivity contribution in [2.45, 2.75) is 96.8 Å². The molecule has 0 aliphatic heterocycles. The number of carbonyl (C=O) groups is 1. The topological polar surface area (TPSA) is 26.3 Å². The van der Waals surface area contributed by atoms with E-state index in [2.05, 4.69) is 26.0 Å². The molecule has 0 radical (unpaired) electrons. The molecule has 1 aromatic rings. The average Bonchev–Trinajstić information content (AvgIpc) is 2.77. The van der Waals surface area contributed by atoms with Crippen molar-refractivity contribution < 1.29 is 9.53 Å². The quantitative estimate of drug-likeness (QED) is 0.342. The molecule has 0 bridgehead atoms. The van der Waals surface area contributed by atoms with Crippen molar-refractivity contribution in [3.63, 3.8) is 0 Å². The van der Waals surface area contributed by atoms with Crippen molar-refractivity contribution in [3.05, 3.63) is 35.4 Å². The average molecular weight is 385 g/mol. The van der Waals surface area contributed by atoms with E-state index in [4.69, 9.17) is 4.74 Å². The lowest BCUT2D eigenvalue weighted by molar-refractivity contribution is 0.0498. The summed E-state index contributed by atoms with van der Waals surface area (Å²) in [5.41, 5.74) is 2.11. The van der Waals surface area contributed by atoms with E-state index in [0.29, 0.717) is 18.1 Å². The number of hydrogen-bond donors (Lipinski definition) is 0. The van der Waals surface area contributed by atoms with Gasteiger partial charge in [0.25, 0.3) is 0 Å². The highest BCUT2D eigenvalue weighted by molar-refractivity contribution is 5.89. The molecule has 2 aliphatic rings. The maximum Gasteiger partial charge on any atom is 0.338 e. The molecule has 2 saturated carbocycles. The molecule has 0 N–H and O–H groups in total.